The van der Waals surface area contributed by atoms with Gasteiger partial charge in [0.1, 0.15) is 0 Å². The van der Waals surface area contributed by atoms with Crippen molar-refractivity contribution in [1.29, 1.82) is 0 Å². The third-order valence-corrected chi connectivity index (χ3v) is 2.95. The van der Waals surface area contributed by atoms with Gasteiger partial charge >= 0.3 is 0 Å². The number of hydrogen-bond acceptors (Lipinski definition) is 5. The molecule has 116 valence electrons. The van der Waals surface area contributed by atoms with Gasteiger partial charge in [0.25, 0.3) is 5.69 Å². The number of amides is 1. The minimum atomic E-state index is -0.454. The first-order valence-corrected chi connectivity index (χ1v) is 6.81. The van der Waals surface area contributed by atoms with E-state index < -0.39 is 4.92 Å². The number of rotatable bonds is 9. The number of benzene rings is 1. The molecule has 7 nitrogen and oxygen atoms in total. The molecule has 0 aromatic heterocycles. The van der Waals surface area contributed by atoms with Gasteiger partial charge in [0.15, 0.2) is 0 Å². The second-order valence-corrected chi connectivity index (χ2v) is 4.74. The molecule has 1 amide bonds. The summed E-state index contributed by atoms with van der Waals surface area (Å²) in [5, 5.41) is 17.0. The Morgan fingerprint density at radius 1 is 1.43 bits per heavy atom. The van der Waals surface area contributed by atoms with Crippen molar-refractivity contribution < 1.29 is 14.5 Å². The molecule has 0 saturated carbocycles. The lowest BCUT2D eigenvalue weighted by Gasteiger charge is -2.07. The maximum atomic E-state index is 11.4. The zero-order valence-electron chi connectivity index (χ0n) is 11.7. The van der Waals surface area contributed by atoms with Crippen LogP contribution in [0.5, 0.6) is 0 Å². The lowest BCUT2D eigenvalue weighted by Crippen LogP contribution is -2.30. The predicted octanol–water partition coefficient (Wildman–Crippen LogP) is 1.49. The Kier molecular flexibility index (Phi) is 7.66. The second-order valence-electron chi connectivity index (χ2n) is 4.30. The van der Waals surface area contributed by atoms with Crippen LogP contribution in [-0.4, -0.2) is 37.6 Å². The molecule has 0 fully saturated rings. The first kappa shape index (κ1) is 17.4. The predicted molar refractivity (Wildman–Crippen MR) is 79.3 cm³/mol. The summed E-state index contributed by atoms with van der Waals surface area (Å²) in [6, 6.07) is 4.40. The molecule has 21 heavy (non-hydrogen) atoms. The van der Waals surface area contributed by atoms with Crippen LogP contribution in [0.4, 0.5) is 5.69 Å². The van der Waals surface area contributed by atoms with Gasteiger partial charge in [-0.05, 0) is 12.1 Å². The first-order chi connectivity index (χ1) is 10.0. The quantitative estimate of drug-likeness (QED) is 0.409. The van der Waals surface area contributed by atoms with Gasteiger partial charge in [-0.2, -0.15) is 0 Å². The van der Waals surface area contributed by atoms with E-state index in [2.05, 4.69) is 10.6 Å². The standard InChI is InChI=1S/C13H18ClN3O4/c1-21-7-6-16-13(18)4-5-15-9-10-8-11(14)2-3-12(10)17(19)20/h2-3,8,15H,4-7,9H2,1H3,(H,16,18). The smallest absolute Gasteiger partial charge is 0.273 e. The normalized spacial score (nSPS) is 10.4. The van der Waals surface area contributed by atoms with Crippen molar-refractivity contribution in [2.75, 3.05) is 26.8 Å². The molecule has 0 saturated heterocycles. The summed E-state index contributed by atoms with van der Waals surface area (Å²) < 4.78 is 4.82. The molecule has 0 bridgehead atoms. The van der Waals surface area contributed by atoms with Crippen molar-refractivity contribution in [3.63, 3.8) is 0 Å². The van der Waals surface area contributed by atoms with E-state index in [1.54, 1.807) is 13.2 Å². The van der Waals surface area contributed by atoms with Crippen molar-refractivity contribution in [3.05, 3.63) is 38.9 Å². The van der Waals surface area contributed by atoms with E-state index >= 15 is 0 Å². The van der Waals surface area contributed by atoms with E-state index in [-0.39, 0.29) is 24.6 Å². The van der Waals surface area contributed by atoms with Crippen molar-refractivity contribution >= 4 is 23.2 Å². The molecule has 2 N–H and O–H groups in total. The Hall–Kier alpha value is -1.70. The van der Waals surface area contributed by atoms with Gasteiger partial charge in [0.05, 0.1) is 11.5 Å². The average molecular weight is 316 g/mol. The number of hydrogen-bond donors (Lipinski definition) is 2. The van der Waals surface area contributed by atoms with Crippen molar-refractivity contribution in [2.24, 2.45) is 0 Å². The summed E-state index contributed by atoms with van der Waals surface area (Å²) in [6.07, 6.45) is 0.290. The highest BCUT2D eigenvalue weighted by Crippen LogP contribution is 2.22. The number of nitrogens with zero attached hydrogens (tertiary/aromatic N) is 1. The van der Waals surface area contributed by atoms with E-state index in [4.69, 9.17) is 16.3 Å². The summed E-state index contributed by atoms with van der Waals surface area (Å²) in [7, 11) is 1.56. The fourth-order valence-corrected chi connectivity index (χ4v) is 1.87. The van der Waals surface area contributed by atoms with Gasteiger partial charge in [0, 0.05) is 49.8 Å². The Bertz CT molecular complexity index is 496. The SMILES string of the molecule is COCCNC(=O)CCNCc1cc(Cl)ccc1[N+](=O)[O-]. The Morgan fingerprint density at radius 3 is 2.86 bits per heavy atom. The lowest BCUT2D eigenvalue weighted by molar-refractivity contribution is -0.385. The highest BCUT2D eigenvalue weighted by Gasteiger charge is 2.13. The van der Waals surface area contributed by atoms with Crippen molar-refractivity contribution in [1.82, 2.24) is 10.6 Å². The first-order valence-electron chi connectivity index (χ1n) is 6.43. The molecule has 0 heterocycles. The number of carbonyl (C=O) groups is 1. The van der Waals surface area contributed by atoms with E-state index in [9.17, 15) is 14.9 Å². The zero-order chi connectivity index (χ0) is 15.7. The summed E-state index contributed by atoms with van der Waals surface area (Å²) in [4.78, 5) is 21.8. The minimum absolute atomic E-state index is 0.0106. The highest BCUT2D eigenvalue weighted by molar-refractivity contribution is 6.30. The molecule has 0 aliphatic rings. The third-order valence-electron chi connectivity index (χ3n) is 2.71. The fourth-order valence-electron chi connectivity index (χ4n) is 1.68. The van der Waals surface area contributed by atoms with Crippen molar-refractivity contribution in [2.45, 2.75) is 13.0 Å². The molecule has 0 radical (unpaired) electrons. The van der Waals surface area contributed by atoms with Crippen molar-refractivity contribution in [3.8, 4) is 0 Å². The number of nitro groups is 1. The molecule has 0 aliphatic heterocycles. The lowest BCUT2D eigenvalue weighted by atomic mass is 10.2. The topological polar surface area (TPSA) is 93.5 Å². The number of nitro benzene ring substituents is 1. The minimum Gasteiger partial charge on any atom is -0.383 e. The summed E-state index contributed by atoms with van der Waals surface area (Å²) in [5.74, 6) is -0.0971. The van der Waals surface area contributed by atoms with Gasteiger partial charge in [-0.3, -0.25) is 14.9 Å². The van der Waals surface area contributed by atoms with Crippen LogP contribution >= 0.6 is 11.6 Å². The molecular formula is C13H18ClN3O4. The zero-order valence-corrected chi connectivity index (χ0v) is 12.5. The van der Waals surface area contributed by atoms with Crippen LogP contribution in [0.3, 0.4) is 0 Å². The van der Waals surface area contributed by atoms with Crippen LogP contribution in [0.15, 0.2) is 18.2 Å². The van der Waals surface area contributed by atoms with Gasteiger partial charge in [-0.1, -0.05) is 11.6 Å². The monoisotopic (exact) mass is 315 g/mol. The number of halogens is 1. The Balaban J connectivity index is 2.37. The maximum Gasteiger partial charge on any atom is 0.273 e. The molecule has 0 atom stereocenters. The molecule has 1 aromatic carbocycles. The van der Waals surface area contributed by atoms with Gasteiger partial charge < -0.3 is 15.4 Å². The average Bonchev–Trinajstić information content (AvgIpc) is 2.43. The summed E-state index contributed by atoms with van der Waals surface area (Å²) >= 11 is 5.83. The van der Waals surface area contributed by atoms with E-state index in [0.29, 0.717) is 30.3 Å². The van der Waals surface area contributed by atoms with Gasteiger partial charge in [0.2, 0.25) is 5.91 Å². The third kappa shape index (κ3) is 6.52. The number of carbonyl (C=O) groups excluding carboxylic acids is 1. The van der Waals surface area contributed by atoms with E-state index in [0.717, 1.165) is 0 Å². The molecule has 0 aliphatic carbocycles. The molecule has 1 aromatic rings. The second kappa shape index (κ2) is 9.28. The fraction of sp³-hybridized carbons (Fsp3) is 0.462. The van der Waals surface area contributed by atoms with E-state index in [1.165, 1.54) is 12.1 Å². The number of nitrogens with one attached hydrogen (secondary N) is 2. The van der Waals surface area contributed by atoms with Crippen LogP contribution in [-0.2, 0) is 16.1 Å². The largest absolute Gasteiger partial charge is 0.383 e. The van der Waals surface area contributed by atoms with Gasteiger partial charge in [-0.25, -0.2) is 0 Å². The maximum absolute atomic E-state index is 11.4. The van der Waals surface area contributed by atoms with Crippen LogP contribution < -0.4 is 10.6 Å². The van der Waals surface area contributed by atoms with Crippen LogP contribution in [0.25, 0.3) is 0 Å². The molecule has 8 heteroatoms. The van der Waals surface area contributed by atoms with Gasteiger partial charge in [-0.15, -0.1) is 0 Å². The van der Waals surface area contributed by atoms with Crippen LogP contribution in [0, 0.1) is 10.1 Å². The number of methoxy groups -OCH3 is 1. The molecule has 0 spiro atoms. The highest BCUT2D eigenvalue weighted by atomic mass is 35.5. The Morgan fingerprint density at radius 2 is 2.19 bits per heavy atom. The number of ether oxygens (including phenoxy) is 1. The molecule has 0 unspecified atom stereocenters. The van der Waals surface area contributed by atoms with E-state index in [1.807, 2.05) is 0 Å². The summed E-state index contributed by atoms with van der Waals surface area (Å²) in [6.45, 7) is 1.63. The molecule has 1 rings (SSSR count). The summed E-state index contributed by atoms with van der Waals surface area (Å²) in [5.41, 5.74) is 0.503. The molecular weight excluding hydrogens is 298 g/mol. The van der Waals surface area contributed by atoms with Crippen LogP contribution in [0.1, 0.15) is 12.0 Å². The Labute approximate surface area is 127 Å². The van der Waals surface area contributed by atoms with Crippen LogP contribution in [0.2, 0.25) is 5.02 Å².